The second kappa shape index (κ2) is 5.01. The van der Waals surface area contributed by atoms with E-state index < -0.39 is 11.7 Å². The number of imide groups is 1. The number of nitrogens with zero attached hydrogens (tertiary/aromatic N) is 1. The van der Waals surface area contributed by atoms with Crippen LogP contribution in [-0.4, -0.2) is 29.2 Å². The molecule has 1 saturated carbocycles. The number of allylic oxidation sites excluding steroid dienone is 2. The van der Waals surface area contributed by atoms with E-state index in [4.69, 9.17) is 0 Å². The number of amides is 3. The molecular formula is C17H15FN2O3. The number of rotatable bonds is 3. The molecule has 1 aliphatic heterocycles. The molecule has 1 N–H and O–H groups in total. The number of anilines is 1. The van der Waals surface area contributed by atoms with E-state index in [0.29, 0.717) is 5.69 Å². The molecule has 0 radical (unpaired) electrons. The number of carbonyl (C=O) groups is 3. The average molecular weight is 314 g/mol. The Morgan fingerprint density at radius 3 is 2.22 bits per heavy atom. The molecule has 2 bridgehead atoms. The smallest absolute Gasteiger partial charge is 0.244 e. The molecule has 1 aromatic carbocycles. The zero-order chi connectivity index (χ0) is 16.1. The molecule has 118 valence electrons. The minimum atomic E-state index is -0.460. The van der Waals surface area contributed by atoms with Crippen molar-refractivity contribution in [2.45, 2.75) is 6.42 Å². The molecule has 3 aliphatic rings. The molecule has 5 nitrogen and oxygen atoms in total. The van der Waals surface area contributed by atoms with Crippen LogP contribution in [0.2, 0.25) is 0 Å². The summed E-state index contributed by atoms with van der Waals surface area (Å²) in [5, 5.41) is 2.57. The Bertz CT molecular complexity index is 698. The van der Waals surface area contributed by atoms with E-state index in [9.17, 15) is 18.8 Å². The predicted molar refractivity (Wildman–Crippen MR) is 79.5 cm³/mol. The first-order valence-electron chi connectivity index (χ1n) is 7.63. The van der Waals surface area contributed by atoms with Crippen molar-refractivity contribution in [3.05, 3.63) is 42.2 Å². The van der Waals surface area contributed by atoms with Crippen molar-refractivity contribution in [3.63, 3.8) is 0 Å². The van der Waals surface area contributed by atoms with Crippen molar-refractivity contribution < 1.29 is 18.8 Å². The Hall–Kier alpha value is -2.50. The fourth-order valence-electron chi connectivity index (χ4n) is 4.00. The second-order valence-electron chi connectivity index (χ2n) is 6.32. The van der Waals surface area contributed by atoms with Crippen LogP contribution in [0, 0.1) is 29.5 Å². The topological polar surface area (TPSA) is 66.5 Å². The van der Waals surface area contributed by atoms with Crippen LogP contribution in [0.1, 0.15) is 6.42 Å². The maximum atomic E-state index is 12.8. The van der Waals surface area contributed by atoms with Gasteiger partial charge in [-0.1, -0.05) is 12.2 Å². The van der Waals surface area contributed by atoms with Gasteiger partial charge in [0, 0.05) is 5.69 Å². The van der Waals surface area contributed by atoms with Gasteiger partial charge in [0.2, 0.25) is 17.7 Å². The molecular weight excluding hydrogens is 299 g/mol. The van der Waals surface area contributed by atoms with Crippen molar-refractivity contribution in [1.29, 1.82) is 0 Å². The van der Waals surface area contributed by atoms with Gasteiger partial charge in [-0.25, -0.2) is 4.39 Å². The number of fused-ring (bicyclic) bond motifs is 5. The summed E-state index contributed by atoms with van der Waals surface area (Å²) in [4.78, 5) is 38.1. The summed E-state index contributed by atoms with van der Waals surface area (Å²) >= 11 is 0. The third-order valence-corrected chi connectivity index (χ3v) is 4.99. The lowest BCUT2D eigenvalue weighted by Crippen LogP contribution is -2.39. The molecule has 3 amide bonds. The number of hydrogen-bond donors (Lipinski definition) is 1. The van der Waals surface area contributed by atoms with Gasteiger partial charge in [-0.3, -0.25) is 19.3 Å². The number of likely N-dealkylation sites (tertiary alicyclic amines) is 1. The predicted octanol–water partition coefficient (Wildman–Crippen LogP) is 1.57. The summed E-state index contributed by atoms with van der Waals surface area (Å²) in [6.45, 7) is -0.290. The molecule has 0 unspecified atom stereocenters. The van der Waals surface area contributed by atoms with Gasteiger partial charge in [0.25, 0.3) is 0 Å². The van der Waals surface area contributed by atoms with Crippen LogP contribution in [0.5, 0.6) is 0 Å². The molecule has 1 heterocycles. The highest BCUT2D eigenvalue weighted by Crippen LogP contribution is 2.52. The summed E-state index contributed by atoms with van der Waals surface area (Å²) in [6.07, 6.45) is 4.89. The van der Waals surface area contributed by atoms with E-state index in [1.54, 1.807) is 0 Å². The van der Waals surface area contributed by atoms with Crippen LogP contribution >= 0.6 is 0 Å². The van der Waals surface area contributed by atoms with Crippen LogP contribution < -0.4 is 5.32 Å². The highest BCUT2D eigenvalue weighted by Gasteiger charge is 2.59. The second-order valence-corrected chi connectivity index (χ2v) is 6.32. The van der Waals surface area contributed by atoms with E-state index in [2.05, 4.69) is 5.32 Å². The molecule has 4 rings (SSSR count). The maximum absolute atomic E-state index is 12.8. The molecule has 2 aliphatic carbocycles. The van der Waals surface area contributed by atoms with Crippen LogP contribution in [0.3, 0.4) is 0 Å². The summed E-state index contributed by atoms with van der Waals surface area (Å²) in [6, 6.07) is 5.32. The molecule has 4 atom stereocenters. The van der Waals surface area contributed by atoms with Gasteiger partial charge >= 0.3 is 0 Å². The zero-order valence-electron chi connectivity index (χ0n) is 12.2. The van der Waals surface area contributed by atoms with E-state index in [-0.39, 0.29) is 42.0 Å². The number of benzene rings is 1. The first-order chi connectivity index (χ1) is 11.0. The van der Waals surface area contributed by atoms with Crippen molar-refractivity contribution >= 4 is 23.4 Å². The van der Waals surface area contributed by atoms with Crippen molar-refractivity contribution in [1.82, 2.24) is 4.90 Å². The van der Waals surface area contributed by atoms with E-state index in [1.807, 2.05) is 12.2 Å². The fourth-order valence-corrected chi connectivity index (χ4v) is 4.00. The van der Waals surface area contributed by atoms with Crippen LogP contribution in [-0.2, 0) is 14.4 Å². The Labute approximate surface area is 132 Å². The quantitative estimate of drug-likeness (QED) is 0.680. The lowest BCUT2D eigenvalue weighted by molar-refractivity contribution is -0.143. The van der Waals surface area contributed by atoms with Crippen molar-refractivity contribution in [2.75, 3.05) is 11.9 Å². The summed E-state index contributed by atoms with van der Waals surface area (Å²) in [5.41, 5.74) is 0.428. The minimum Gasteiger partial charge on any atom is -0.325 e. The van der Waals surface area contributed by atoms with E-state index in [1.165, 1.54) is 24.3 Å². The maximum Gasteiger partial charge on any atom is 0.244 e. The minimum absolute atomic E-state index is 0.131. The van der Waals surface area contributed by atoms with Gasteiger partial charge < -0.3 is 5.32 Å². The SMILES string of the molecule is O=C(CN1C(=O)[C@@H]2[C@H](C1=O)[C@@H]1C=C[C@@H]2C1)Nc1ccc(F)cc1. The summed E-state index contributed by atoms with van der Waals surface area (Å²) in [5.74, 6) is -1.68. The molecule has 1 saturated heterocycles. The Kier molecular flexibility index (Phi) is 3.07. The Morgan fingerprint density at radius 2 is 1.65 bits per heavy atom. The molecule has 2 fully saturated rings. The number of hydrogen-bond acceptors (Lipinski definition) is 3. The van der Waals surface area contributed by atoms with E-state index >= 15 is 0 Å². The van der Waals surface area contributed by atoms with Crippen LogP contribution in [0.25, 0.3) is 0 Å². The largest absolute Gasteiger partial charge is 0.325 e. The summed E-state index contributed by atoms with van der Waals surface area (Å²) < 4.78 is 12.8. The van der Waals surface area contributed by atoms with Gasteiger partial charge in [-0.05, 0) is 42.5 Å². The highest BCUT2D eigenvalue weighted by molar-refractivity contribution is 6.09. The highest BCUT2D eigenvalue weighted by atomic mass is 19.1. The Morgan fingerprint density at radius 1 is 1.09 bits per heavy atom. The van der Waals surface area contributed by atoms with E-state index in [0.717, 1.165) is 11.3 Å². The van der Waals surface area contributed by atoms with Gasteiger partial charge in [0.15, 0.2) is 0 Å². The standard InChI is InChI=1S/C17H15FN2O3/c18-11-3-5-12(6-4-11)19-13(21)8-20-16(22)14-9-1-2-10(7-9)15(14)17(20)23/h1-6,9-10,14-15H,7-8H2,(H,19,21)/t9-,10-,14-,15+/m1/s1. The number of nitrogens with one attached hydrogen (secondary N) is 1. The average Bonchev–Trinajstić information content (AvgIpc) is 3.19. The Balaban J connectivity index is 1.45. The molecule has 1 aromatic rings. The van der Waals surface area contributed by atoms with Gasteiger partial charge in [-0.15, -0.1) is 0 Å². The fraction of sp³-hybridized carbons (Fsp3) is 0.353. The third kappa shape index (κ3) is 2.17. The van der Waals surface area contributed by atoms with Crippen molar-refractivity contribution in [3.8, 4) is 0 Å². The van der Waals surface area contributed by atoms with Gasteiger partial charge in [0.1, 0.15) is 12.4 Å². The first-order valence-corrected chi connectivity index (χ1v) is 7.63. The zero-order valence-corrected chi connectivity index (χ0v) is 12.2. The van der Waals surface area contributed by atoms with Crippen LogP contribution in [0.15, 0.2) is 36.4 Å². The molecule has 0 aromatic heterocycles. The van der Waals surface area contributed by atoms with Gasteiger partial charge in [0.05, 0.1) is 11.8 Å². The summed E-state index contributed by atoms with van der Waals surface area (Å²) in [7, 11) is 0. The number of carbonyl (C=O) groups excluding carboxylic acids is 3. The van der Waals surface area contributed by atoms with Crippen LogP contribution in [0.4, 0.5) is 10.1 Å². The third-order valence-electron chi connectivity index (χ3n) is 4.99. The normalized spacial score (nSPS) is 30.9. The lowest BCUT2D eigenvalue weighted by atomic mass is 9.85. The van der Waals surface area contributed by atoms with Gasteiger partial charge in [-0.2, -0.15) is 0 Å². The molecule has 23 heavy (non-hydrogen) atoms. The number of halogens is 1. The van der Waals surface area contributed by atoms with Crippen molar-refractivity contribution in [2.24, 2.45) is 23.7 Å². The molecule has 6 heteroatoms. The molecule has 0 spiro atoms. The first kappa shape index (κ1) is 14.1. The lowest BCUT2D eigenvalue weighted by Gasteiger charge is -2.16. The monoisotopic (exact) mass is 314 g/mol.